The number of nitrogens with zero attached hydrogens (tertiary/aromatic N) is 2. The van der Waals surface area contributed by atoms with Gasteiger partial charge in [-0.25, -0.2) is 0 Å². The zero-order valence-corrected chi connectivity index (χ0v) is 8.34. The number of ketones is 1. The van der Waals surface area contributed by atoms with Crippen molar-refractivity contribution in [3.8, 4) is 11.1 Å². The third-order valence-electron chi connectivity index (χ3n) is 2.83. The van der Waals surface area contributed by atoms with Gasteiger partial charge in [-0.15, -0.1) is 0 Å². The molecule has 0 saturated carbocycles. The second-order valence-electron chi connectivity index (χ2n) is 3.70. The maximum atomic E-state index is 12.0. The summed E-state index contributed by atoms with van der Waals surface area (Å²) >= 11 is 0. The average Bonchev–Trinajstić information content (AvgIpc) is 2.64. The summed E-state index contributed by atoms with van der Waals surface area (Å²) in [5.41, 5.74) is 3.59. The molecule has 0 radical (unpaired) electrons. The monoisotopic (exact) mass is 207 g/mol. The number of hydrogen-bond acceptors (Lipinski definition) is 2. The van der Waals surface area contributed by atoms with Crippen molar-refractivity contribution in [2.24, 2.45) is 0 Å². The summed E-state index contributed by atoms with van der Waals surface area (Å²) in [7, 11) is 0. The number of fused-ring (bicyclic) bond motifs is 3. The molecule has 0 N–H and O–H groups in total. The van der Waals surface area contributed by atoms with Crippen molar-refractivity contribution in [3.05, 3.63) is 58.6 Å². The van der Waals surface area contributed by atoms with Crippen molar-refractivity contribution in [1.29, 1.82) is 5.39 Å². The van der Waals surface area contributed by atoms with Crippen LogP contribution in [0, 0.1) is 5.39 Å². The van der Waals surface area contributed by atoms with Crippen LogP contribution in [0.4, 0.5) is 5.69 Å². The Morgan fingerprint density at radius 2 is 1.56 bits per heavy atom. The maximum Gasteiger partial charge on any atom is 0.385 e. The van der Waals surface area contributed by atoms with Crippen LogP contribution in [0.1, 0.15) is 15.9 Å². The van der Waals surface area contributed by atoms with E-state index >= 15 is 0 Å². The molecule has 74 valence electrons. The van der Waals surface area contributed by atoms with Crippen molar-refractivity contribution in [2.75, 3.05) is 0 Å². The molecule has 0 bridgehead atoms. The molecule has 2 aromatic carbocycles. The lowest BCUT2D eigenvalue weighted by molar-refractivity contribution is 0.104. The molecular weight excluding hydrogens is 200 g/mol. The lowest BCUT2D eigenvalue weighted by Crippen LogP contribution is -1.93. The van der Waals surface area contributed by atoms with Gasteiger partial charge >= 0.3 is 5.69 Å². The largest absolute Gasteiger partial charge is 0.385 e. The number of carbonyl (C=O) groups is 1. The predicted octanol–water partition coefficient (Wildman–Crippen LogP) is 3.38. The van der Waals surface area contributed by atoms with Crippen molar-refractivity contribution in [2.45, 2.75) is 0 Å². The fourth-order valence-electron chi connectivity index (χ4n) is 2.08. The first-order chi connectivity index (χ1) is 7.81. The van der Waals surface area contributed by atoms with Gasteiger partial charge in [-0.1, -0.05) is 24.3 Å². The van der Waals surface area contributed by atoms with Gasteiger partial charge in [-0.3, -0.25) is 4.79 Å². The van der Waals surface area contributed by atoms with E-state index in [1.165, 1.54) is 0 Å². The van der Waals surface area contributed by atoms with E-state index in [9.17, 15) is 4.79 Å². The van der Waals surface area contributed by atoms with E-state index in [0.717, 1.165) is 11.1 Å². The number of benzene rings is 2. The van der Waals surface area contributed by atoms with Crippen molar-refractivity contribution in [3.63, 3.8) is 0 Å². The summed E-state index contributed by atoms with van der Waals surface area (Å²) in [6.07, 6.45) is 0. The normalized spacial score (nSPS) is 11.8. The van der Waals surface area contributed by atoms with Crippen molar-refractivity contribution < 1.29 is 4.79 Å². The molecule has 0 heterocycles. The first kappa shape index (κ1) is 8.81. The summed E-state index contributed by atoms with van der Waals surface area (Å²) in [5.74, 6) is -0.00361. The van der Waals surface area contributed by atoms with Gasteiger partial charge in [-0.2, -0.15) is 0 Å². The minimum absolute atomic E-state index is 0.00361. The Morgan fingerprint density at radius 3 is 2.31 bits per heavy atom. The summed E-state index contributed by atoms with van der Waals surface area (Å²) in [6.45, 7) is 0. The van der Waals surface area contributed by atoms with Gasteiger partial charge in [0.2, 0.25) is 5.39 Å². The molecule has 1 aliphatic rings. The highest BCUT2D eigenvalue weighted by Gasteiger charge is 2.27. The Balaban J connectivity index is 2.34. The molecule has 3 rings (SSSR count). The zero-order valence-electron chi connectivity index (χ0n) is 8.34. The molecule has 0 amide bonds. The van der Waals surface area contributed by atoms with E-state index in [1.54, 1.807) is 12.1 Å². The molecule has 3 nitrogen and oxygen atoms in total. The van der Waals surface area contributed by atoms with Gasteiger partial charge in [-0.05, 0) is 17.2 Å². The molecule has 0 saturated heterocycles. The van der Waals surface area contributed by atoms with Crippen LogP contribution < -0.4 is 0 Å². The quantitative estimate of drug-likeness (QED) is 0.530. The molecule has 0 spiro atoms. The highest BCUT2D eigenvalue weighted by atomic mass is 16.1. The van der Waals surface area contributed by atoms with Crippen LogP contribution in [0.25, 0.3) is 16.1 Å². The standard InChI is InChI=1S/C13H7N2O/c14-15-8-5-6-10-9-3-1-2-4-11(9)13(16)12(10)7-8/h1-7H/q+1. The van der Waals surface area contributed by atoms with Gasteiger partial charge in [0.1, 0.15) is 0 Å². The predicted molar refractivity (Wildman–Crippen MR) is 60.1 cm³/mol. The van der Waals surface area contributed by atoms with Crippen LogP contribution >= 0.6 is 0 Å². The summed E-state index contributed by atoms with van der Waals surface area (Å²) < 4.78 is 0. The molecule has 16 heavy (non-hydrogen) atoms. The molecule has 0 fully saturated rings. The Bertz CT molecular complexity index is 653. The van der Waals surface area contributed by atoms with Crippen LogP contribution in [-0.4, -0.2) is 5.78 Å². The molecule has 0 atom stereocenters. The van der Waals surface area contributed by atoms with Crippen LogP contribution in [0.2, 0.25) is 0 Å². The van der Waals surface area contributed by atoms with Crippen LogP contribution in [0.5, 0.6) is 0 Å². The second kappa shape index (κ2) is 3.01. The van der Waals surface area contributed by atoms with Gasteiger partial charge in [0.05, 0.1) is 0 Å². The van der Waals surface area contributed by atoms with E-state index in [0.29, 0.717) is 16.8 Å². The second-order valence-corrected chi connectivity index (χ2v) is 3.70. The minimum atomic E-state index is -0.00361. The van der Waals surface area contributed by atoms with Crippen LogP contribution in [-0.2, 0) is 0 Å². The average molecular weight is 207 g/mol. The summed E-state index contributed by atoms with van der Waals surface area (Å²) in [5, 5.41) is 8.69. The van der Waals surface area contributed by atoms with E-state index in [1.807, 2.05) is 30.3 Å². The SMILES string of the molecule is N#[N+]c1ccc2c(c1)C(=O)c1ccccc1-2. The Morgan fingerprint density at radius 1 is 0.875 bits per heavy atom. The van der Waals surface area contributed by atoms with E-state index in [-0.39, 0.29) is 5.78 Å². The Kier molecular flexibility index (Phi) is 1.66. The smallest absolute Gasteiger partial charge is 0.289 e. The number of diazo groups is 1. The number of hydrogen-bond donors (Lipinski definition) is 0. The molecule has 0 aromatic heterocycles. The van der Waals surface area contributed by atoms with Gasteiger partial charge in [0.15, 0.2) is 10.8 Å². The van der Waals surface area contributed by atoms with Crippen molar-refractivity contribution in [1.82, 2.24) is 0 Å². The molecule has 2 aromatic rings. The number of rotatable bonds is 0. The number of carbonyl (C=O) groups excluding carboxylic acids is 1. The summed E-state index contributed by atoms with van der Waals surface area (Å²) in [4.78, 5) is 15.1. The van der Waals surface area contributed by atoms with Crippen LogP contribution in [0.3, 0.4) is 0 Å². The molecular formula is C13H7N2O+. The first-order valence-corrected chi connectivity index (χ1v) is 4.94. The fourth-order valence-corrected chi connectivity index (χ4v) is 2.08. The van der Waals surface area contributed by atoms with Crippen molar-refractivity contribution >= 4 is 11.5 Å². The lowest BCUT2D eigenvalue weighted by atomic mass is 10.1. The zero-order chi connectivity index (χ0) is 11.1. The van der Waals surface area contributed by atoms with E-state index in [4.69, 9.17) is 5.39 Å². The molecule has 0 unspecified atom stereocenters. The lowest BCUT2D eigenvalue weighted by Gasteiger charge is -1.95. The maximum absolute atomic E-state index is 12.0. The fraction of sp³-hybridized carbons (Fsp3) is 0. The van der Waals surface area contributed by atoms with Gasteiger partial charge in [0, 0.05) is 23.3 Å². The highest BCUT2D eigenvalue weighted by Crippen LogP contribution is 2.37. The van der Waals surface area contributed by atoms with E-state index in [2.05, 4.69) is 4.98 Å². The third-order valence-corrected chi connectivity index (χ3v) is 2.83. The molecule has 3 heteroatoms. The van der Waals surface area contributed by atoms with Crippen LogP contribution in [0.15, 0.2) is 42.5 Å². The minimum Gasteiger partial charge on any atom is -0.289 e. The van der Waals surface area contributed by atoms with E-state index < -0.39 is 0 Å². The molecule has 1 aliphatic carbocycles. The molecule has 0 aliphatic heterocycles. The van der Waals surface area contributed by atoms with Gasteiger partial charge in [0.25, 0.3) is 0 Å². The summed E-state index contributed by atoms with van der Waals surface area (Å²) in [6, 6.07) is 12.6. The Labute approximate surface area is 92.0 Å². The Hall–Kier alpha value is -2.47. The third kappa shape index (κ3) is 1.01. The van der Waals surface area contributed by atoms with Gasteiger partial charge < -0.3 is 0 Å². The first-order valence-electron chi connectivity index (χ1n) is 4.94. The topological polar surface area (TPSA) is 45.2 Å². The highest BCUT2D eigenvalue weighted by molar-refractivity contribution is 6.22.